The molecule has 0 bridgehead atoms. The van der Waals surface area contributed by atoms with Crippen LogP contribution >= 0.6 is 11.8 Å². The Hall–Kier alpha value is -3.74. The van der Waals surface area contributed by atoms with Crippen molar-refractivity contribution in [2.24, 2.45) is 7.05 Å². The van der Waals surface area contributed by atoms with Crippen LogP contribution in [0.15, 0.2) is 34.3 Å². The molecule has 5 rings (SSSR count). The lowest BCUT2D eigenvalue weighted by atomic mass is 10.1. The maximum absolute atomic E-state index is 14.4. The third-order valence-electron chi connectivity index (χ3n) is 5.68. The number of aromatic nitrogens is 4. The molecule has 0 saturated carbocycles. The molecule has 2 aliphatic rings. The second kappa shape index (κ2) is 9.49. The topological polar surface area (TPSA) is 129 Å². The first kappa shape index (κ1) is 23.0. The molecule has 182 valence electrons. The number of rotatable bonds is 7. The van der Waals surface area contributed by atoms with Gasteiger partial charge in [-0.15, -0.1) is 0 Å². The first-order valence-electron chi connectivity index (χ1n) is 11.0. The van der Waals surface area contributed by atoms with Crippen LogP contribution in [0.5, 0.6) is 5.75 Å². The minimum absolute atomic E-state index is 0.00934. The highest BCUT2D eigenvalue weighted by atomic mass is 32.2. The van der Waals surface area contributed by atoms with Gasteiger partial charge in [0.1, 0.15) is 16.6 Å². The Labute approximate surface area is 202 Å². The first-order chi connectivity index (χ1) is 16.9. The number of unbranched alkanes of at least 4 members (excludes halogenated alkanes) is 1. The second-order valence-corrected chi connectivity index (χ2v) is 9.04. The number of carbonyl (C=O) groups is 2. The number of cyclic esters (lactones) is 1. The predicted octanol–water partition coefficient (Wildman–Crippen LogP) is 2.48. The Morgan fingerprint density at radius 3 is 2.94 bits per heavy atom. The number of thioether (sulfide) groups is 1. The minimum atomic E-state index is -0.568. The lowest BCUT2D eigenvalue weighted by molar-refractivity contribution is -0.113. The summed E-state index contributed by atoms with van der Waals surface area (Å²) in [5.41, 5.74) is 0.411. The molecular weight excluding hydrogens is 479 g/mol. The van der Waals surface area contributed by atoms with Crippen molar-refractivity contribution in [1.29, 1.82) is 0 Å². The average molecular weight is 501 g/mol. The van der Waals surface area contributed by atoms with E-state index in [4.69, 9.17) is 9.47 Å². The SMILES string of the molecule is Cn1c(=O)cnc2ccc(F)c(OCCCC[C@H]3CN(c4cnc5c(n4)NC(=O)CS5)C(=O)O3)c21. The van der Waals surface area contributed by atoms with Crippen LogP contribution in [0, 0.1) is 5.82 Å². The predicted molar refractivity (Wildman–Crippen MR) is 125 cm³/mol. The quantitative estimate of drug-likeness (QED) is 0.487. The zero-order valence-electron chi connectivity index (χ0n) is 18.7. The molecule has 4 heterocycles. The van der Waals surface area contributed by atoms with Gasteiger partial charge in [0.2, 0.25) is 5.91 Å². The molecule has 0 unspecified atom stereocenters. The summed E-state index contributed by atoms with van der Waals surface area (Å²) >= 11 is 1.29. The van der Waals surface area contributed by atoms with Gasteiger partial charge in [-0.1, -0.05) is 11.8 Å². The van der Waals surface area contributed by atoms with E-state index >= 15 is 0 Å². The number of anilines is 2. The van der Waals surface area contributed by atoms with Crippen LogP contribution in [-0.4, -0.2) is 56.5 Å². The smallest absolute Gasteiger partial charge is 0.415 e. The summed E-state index contributed by atoms with van der Waals surface area (Å²) in [5.74, 6) is 0.186. The van der Waals surface area contributed by atoms with Crippen molar-refractivity contribution in [2.75, 3.05) is 29.1 Å². The highest BCUT2D eigenvalue weighted by Crippen LogP contribution is 2.31. The maximum Gasteiger partial charge on any atom is 0.415 e. The van der Waals surface area contributed by atoms with Gasteiger partial charge in [-0.3, -0.25) is 14.5 Å². The van der Waals surface area contributed by atoms with Crippen LogP contribution in [-0.2, 0) is 16.6 Å². The number of halogens is 1. The summed E-state index contributed by atoms with van der Waals surface area (Å²) in [6.45, 7) is 0.525. The van der Waals surface area contributed by atoms with Gasteiger partial charge in [0.05, 0.1) is 36.8 Å². The molecule has 0 spiro atoms. The number of aryl methyl sites for hydroxylation is 1. The van der Waals surface area contributed by atoms with Gasteiger partial charge >= 0.3 is 6.09 Å². The van der Waals surface area contributed by atoms with E-state index in [1.807, 2.05) is 0 Å². The highest BCUT2D eigenvalue weighted by Gasteiger charge is 2.34. The van der Waals surface area contributed by atoms with E-state index in [0.717, 1.165) is 0 Å². The number of carbonyl (C=O) groups excluding carboxylic acids is 2. The lowest BCUT2D eigenvalue weighted by Gasteiger charge is -2.17. The van der Waals surface area contributed by atoms with Gasteiger partial charge in [-0.2, -0.15) is 0 Å². The summed E-state index contributed by atoms with van der Waals surface area (Å²) in [5, 5.41) is 3.26. The van der Waals surface area contributed by atoms with Gasteiger partial charge in [0.15, 0.2) is 23.2 Å². The van der Waals surface area contributed by atoms with Crippen LogP contribution in [0.1, 0.15) is 19.3 Å². The first-order valence-corrected chi connectivity index (χ1v) is 11.9. The summed E-state index contributed by atoms with van der Waals surface area (Å²) in [7, 11) is 1.54. The van der Waals surface area contributed by atoms with Crippen molar-refractivity contribution in [3.63, 3.8) is 0 Å². The largest absolute Gasteiger partial charge is 0.488 e. The lowest BCUT2D eigenvalue weighted by Crippen LogP contribution is -2.27. The zero-order chi connectivity index (χ0) is 24.5. The standard InChI is InChI=1S/C22H21FN6O5S/c1-28-17(31)9-24-14-6-5-13(23)19(18(14)28)33-7-3-2-4-12-10-29(22(32)34-12)15-8-25-21-20(26-15)27-16(30)11-35-21/h5-6,8-9,12H,2-4,7,10-11H2,1H3,(H,26,27,30)/t12-/m0/s1. The van der Waals surface area contributed by atoms with E-state index < -0.39 is 11.9 Å². The average Bonchev–Trinajstić information content (AvgIpc) is 3.22. The van der Waals surface area contributed by atoms with Crippen molar-refractivity contribution < 1.29 is 23.5 Å². The third-order valence-corrected chi connectivity index (χ3v) is 6.66. The van der Waals surface area contributed by atoms with Gasteiger partial charge in [0, 0.05) is 7.05 Å². The van der Waals surface area contributed by atoms with E-state index in [-0.39, 0.29) is 35.7 Å². The van der Waals surface area contributed by atoms with Crippen molar-refractivity contribution in [3.8, 4) is 5.75 Å². The molecule has 11 nitrogen and oxygen atoms in total. The van der Waals surface area contributed by atoms with Crippen molar-refractivity contribution in [1.82, 2.24) is 19.5 Å². The minimum Gasteiger partial charge on any atom is -0.488 e. The summed E-state index contributed by atoms with van der Waals surface area (Å²) in [6, 6.07) is 2.76. The molecule has 35 heavy (non-hydrogen) atoms. The number of ether oxygens (including phenoxy) is 2. The monoisotopic (exact) mass is 500 g/mol. The van der Waals surface area contributed by atoms with Crippen LogP contribution in [0.2, 0.25) is 0 Å². The molecular formula is C22H21FN6O5S. The normalized spacial score (nSPS) is 17.3. The van der Waals surface area contributed by atoms with Crippen molar-refractivity contribution in [3.05, 3.63) is 40.7 Å². The molecule has 2 amide bonds. The second-order valence-electron chi connectivity index (χ2n) is 8.08. The van der Waals surface area contributed by atoms with Gasteiger partial charge in [-0.05, 0) is 31.4 Å². The Kier molecular flexibility index (Phi) is 6.24. The Bertz CT molecular complexity index is 1380. The van der Waals surface area contributed by atoms with Crippen LogP contribution in [0.4, 0.5) is 20.8 Å². The number of nitrogens with one attached hydrogen (secondary N) is 1. The molecule has 2 aromatic heterocycles. The number of nitrogens with zero attached hydrogens (tertiary/aromatic N) is 5. The summed E-state index contributed by atoms with van der Waals surface area (Å²) in [4.78, 5) is 49.9. The molecule has 1 N–H and O–H groups in total. The molecule has 13 heteroatoms. The van der Waals surface area contributed by atoms with E-state index in [2.05, 4.69) is 20.3 Å². The highest BCUT2D eigenvalue weighted by molar-refractivity contribution is 8.00. The van der Waals surface area contributed by atoms with Gasteiger partial charge < -0.3 is 19.4 Å². The molecule has 1 atom stereocenters. The maximum atomic E-state index is 14.4. The van der Waals surface area contributed by atoms with Crippen molar-refractivity contribution in [2.45, 2.75) is 30.4 Å². The Morgan fingerprint density at radius 2 is 2.09 bits per heavy atom. The number of fused-ring (bicyclic) bond motifs is 2. The molecule has 1 saturated heterocycles. The van der Waals surface area contributed by atoms with Crippen LogP contribution < -0.4 is 20.5 Å². The van der Waals surface area contributed by atoms with Gasteiger partial charge in [-0.25, -0.2) is 24.1 Å². The molecule has 2 aliphatic heterocycles. The number of benzene rings is 1. The molecule has 1 fully saturated rings. The van der Waals surface area contributed by atoms with Crippen molar-refractivity contribution >= 4 is 46.4 Å². The van der Waals surface area contributed by atoms with E-state index in [1.165, 1.54) is 45.8 Å². The molecule has 0 radical (unpaired) electrons. The Balaban J connectivity index is 1.15. The molecule has 0 aliphatic carbocycles. The molecule has 3 aromatic rings. The number of hydrogen-bond donors (Lipinski definition) is 1. The fourth-order valence-corrected chi connectivity index (χ4v) is 4.62. The third kappa shape index (κ3) is 4.63. The van der Waals surface area contributed by atoms with E-state index in [0.29, 0.717) is 53.5 Å². The number of hydrogen-bond acceptors (Lipinski definition) is 9. The van der Waals surface area contributed by atoms with Gasteiger partial charge in [0.25, 0.3) is 5.56 Å². The van der Waals surface area contributed by atoms with E-state index in [9.17, 15) is 18.8 Å². The summed E-state index contributed by atoms with van der Waals surface area (Å²) in [6.07, 6.45) is 3.62. The fourth-order valence-electron chi connectivity index (χ4n) is 3.92. The zero-order valence-corrected chi connectivity index (χ0v) is 19.5. The Morgan fingerprint density at radius 1 is 1.23 bits per heavy atom. The van der Waals surface area contributed by atoms with Crippen LogP contribution in [0.3, 0.4) is 0 Å². The summed E-state index contributed by atoms with van der Waals surface area (Å²) < 4.78 is 26.8. The number of amides is 2. The van der Waals surface area contributed by atoms with Crippen LogP contribution in [0.25, 0.3) is 11.0 Å². The molecule has 1 aromatic carbocycles. The fraction of sp³-hybridized carbons (Fsp3) is 0.364. The van der Waals surface area contributed by atoms with E-state index in [1.54, 1.807) is 7.05 Å².